The van der Waals surface area contributed by atoms with Gasteiger partial charge in [0.1, 0.15) is 18.1 Å². The highest BCUT2D eigenvalue weighted by molar-refractivity contribution is 7.90. The zero-order chi connectivity index (χ0) is 45.9. The summed E-state index contributed by atoms with van der Waals surface area (Å²) in [6.07, 6.45) is 9.80. The quantitative estimate of drug-likeness (QED) is 0.163. The Bertz CT molecular complexity index is 2440. The molecule has 346 valence electrons. The molecule has 1 aliphatic carbocycles. The molecule has 4 fully saturated rings. The van der Waals surface area contributed by atoms with Crippen molar-refractivity contribution in [2.75, 3.05) is 25.9 Å². The van der Waals surface area contributed by atoms with Crippen molar-refractivity contribution in [2.24, 2.45) is 30.5 Å². The molecule has 4 heterocycles. The van der Waals surface area contributed by atoms with Crippen molar-refractivity contribution in [3.8, 4) is 0 Å². The van der Waals surface area contributed by atoms with Crippen molar-refractivity contribution in [3.05, 3.63) is 64.1 Å². The summed E-state index contributed by atoms with van der Waals surface area (Å²) in [5.74, 6) is -1.60. The van der Waals surface area contributed by atoms with E-state index in [-0.39, 0.29) is 60.2 Å². The number of nitrogens with one attached hydrogen (secondary N) is 3. The third kappa shape index (κ3) is 10.8. The van der Waals surface area contributed by atoms with Gasteiger partial charge in [-0.25, -0.2) is 13.2 Å². The number of primary amides is 1. The molecule has 6 amide bonds. The zero-order valence-electron chi connectivity index (χ0n) is 37.1. The van der Waals surface area contributed by atoms with E-state index in [0.29, 0.717) is 48.7 Å². The van der Waals surface area contributed by atoms with Crippen LogP contribution in [-0.2, 0) is 58.6 Å². The number of rotatable bonds is 15. The van der Waals surface area contributed by atoms with Gasteiger partial charge < -0.3 is 26.2 Å². The number of benzene rings is 2. The van der Waals surface area contributed by atoms with Gasteiger partial charge in [-0.3, -0.25) is 43.2 Å². The Labute approximate surface area is 373 Å². The number of sulfone groups is 1. The Morgan fingerprint density at radius 3 is 2.28 bits per heavy atom. The Morgan fingerprint density at radius 2 is 1.59 bits per heavy atom. The second-order valence-corrected chi connectivity index (χ2v) is 20.6. The van der Waals surface area contributed by atoms with Crippen LogP contribution >= 0.6 is 0 Å². The number of nitrogens with zero attached hydrogens (tertiary/aromatic N) is 4. The molecule has 18 heteroatoms. The monoisotopic (exact) mass is 902 g/mol. The molecule has 1 unspecified atom stereocenters. The van der Waals surface area contributed by atoms with Crippen LogP contribution in [-0.4, -0.2) is 107 Å². The van der Waals surface area contributed by atoms with E-state index in [9.17, 15) is 42.0 Å². The molecule has 3 saturated heterocycles. The molecule has 0 radical (unpaired) electrons. The van der Waals surface area contributed by atoms with Gasteiger partial charge in [0.2, 0.25) is 35.4 Å². The molecule has 7 rings (SSSR count). The van der Waals surface area contributed by atoms with Crippen LogP contribution in [0.25, 0.3) is 11.0 Å². The normalized spacial score (nSPS) is 25.0. The lowest BCUT2D eigenvalue weighted by Crippen LogP contribution is -2.56. The number of imide groups is 1. The van der Waals surface area contributed by atoms with Crippen LogP contribution in [0.4, 0.5) is 0 Å². The van der Waals surface area contributed by atoms with E-state index >= 15 is 0 Å². The van der Waals surface area contributed by atoms with Crippen molar-refractivity contribution >= 4 is 56.3 Å². The lowest BCUT2D eigenvalue weighted by atomic mass is 9.78. The molecule has 0 bridgehead atoms. The van der Waals surface area contributed by atoms with Crippen molar-refractivity contribution in [1.29, 1.82) is 0 Å². The Morgan fingerprint density at radius 1 is 0.891 bits per heavy atom. The average molecular weight is 903 g/mol. The summed E-state index contributed by atoms with van der Waals surface area (Å²) >= 11 is 0. The van der Waals surface area contributed by atoms with Gasteiger partial charge in [0.25, 0.3) is 0 Å². The van der Waals surface area contributed by atoms with E-state index in [1.165, 1.54) is 16.7 Å². The van der Waals surface area contributed by atoms with Crippen LogP contribution in [0, 0.1) is 17.8 Å². The fourth-order valence-electron chi connectivity index (χ4n) is 10.3. The van der Waals surface area contributed by atoms with Gasteiger partial charge in [0.05, 0.1) is 15.9 Å². The van der Waals surface area contributed by atoms with E-state index in [4.69, 9.17) is 5.73 Å². The number of hydrogen-bond donors (Lipinski definition) is 4. The first kappa shape index (κ1) is 46.6. The topological polar surface area (TPSA) is 232 Å². The number of aryl methyl sites for hydroxylation is 1. The third-order valence-electron chi connectivity index (χ3n) is 13.9. The molecule has 64 heavy (non-hydrogen) atoms. The number of imidazole rings is 1. The first-order valence-electron chi connectivity index (χ1n) is 22.7. The minimum absolute atomic E-state index is 0.0126. The number of nitrogens with two attached hydrogens (primary N) is 1. The first-order chi connectivity index (χ1) is 30.5. The standard InChI is InChI=1S/C46H62N8O9S/c1-28-27-52(22-20-29-4-6-30(7-5-29)24-32-10-15-36-39(25-32)51(2)46(61)54(36)38-17-19-41(56)50-44(38)59)23-21-33-11-16-37(53(33)45(28)60)43(58)49-35(14-18-40(47)55)42(57)48-26-31-8-12-34(13-9-31)64(3,62)63/h8-10,12-13,15,25,28-30,33,35,37-38H,4-7,11,14,16-24,26-27H2,1-3H3,(H2,47,55)(H,48,57)(H,49,58)(H,50,56,59)/t28-,29?,30?,33+,35-,37-,38?/m0/s1. The van der Waals surface area contributed by atoms with E-state index in [0.717, 1.165) is 75.4 Å². The SMILES string of the molecule is C[C@H]1CN(CCC2CCC(Cc3ccc4c(c3)n(C)c(=O)n4C3CCC(=O)NC3=O)CC2)CC[C@H]2CC[C@@H](C(=O)N[C@@H](CCC(N)=O)C(=O)NCc3ccc(S(C)(=O)=O)cc3)N2C1=O. The molecule has 1 saturated carbocycles. The molecule has 4 aliphatic rings. The first-order valence-corrected chi connectivity index (χ1v) is 24.6. The molecule has 3 aliphatic heterocycles. The molecular weight excluding hydrogens is 841 g/mol. The highest BCUT2D eigenvalue weighted by Crippen LogP contribution is 2.35. The molecule has 2 aromatic carbocycles. The molecular formula is C46H62N8O9S. The van der Waals surface area contributed by atoms with Gasteiger partial charge in [0.15, 0.2) is 9.84 Å². The highest BCUT2D eigenvalue weighted by Gasteiger charge is 2.44. The molecule has 5 N–H and O–H groups in total. The van der Waals surface area contributed by atoms with E-state index < -0.39 is 51.6 Å². The Balaban J connectivity index is 0.883. The van der Waals surface area contributed by atoms with Gasteiger partial charge in [-0.2, -0.15) is 0 Å². The highest BCUT2D eigenvalue weighted by atomic mass is 32.2. The van der Waals surface area contributed by atoms with E-state index in [1.807, 2.05) is 13.0 Å². The number of aromatic nitrogens is 2. The van der Waals surface area contributed by atoms with Crippen molar-refractivity contribution in [3.63, 3.8) is 0 Å². The van der Waals surface area contributed by atoms with Gasteiger partial charge in [-0.1, -0.05) is 38.0 Å². The minimum atomic E-state index is -3.38. The summed E-state index contributed by atoms with van der Waals surface area (Å²) in [5.41, 5.74) is 8.42. The molecule has 17 nitrogen and oxygen atoms in total. The lowest BCUT2D eigenvalue weighted by Gasteiger charge is -2.38. The number of hydrogen-bond acceptors (Lipinski definition) is 10. The Kier molecular flexibility index (Phi) is 14.4. The van der Waals surface area contributed by atoms with Crippen LogP contribution in [0.3, 0.4) is 0 Å². The summed E-state index contributed by atoms with van der Waals surface area (Å²) in [5, 5.41) is 7.95. The lowest BCUT2D eigenvalue weighted by molar-refractivity contribution is -0.145. The fourth-order valence-corrected chi connectivity index (χ4v) is 10.9. The summed E-state index contributed by atoms with van der Waals surface area (Å²) in [7, 11) is -1.66. The third-order valence-corrected chi connectivity index (χ3v) is 15.1. The summed E-state index contributed by atoms with van der Waals surface area (Å²) in [6, 6.07) is 9.56. The van der Waals surface area contributed by atoms with E-state index in [2.05, 4.69) is 33.0 Å². The predicted molar refractivity (Wildman–Crippen MR) is 238 cm³/mol. The molecule has 3 aromatic rings. The van der Waals surface area contributed by atoms with Crippen molar-refractivity contribution < 1.29 is 37.2 Å². The smallest absolute Gasteiger partial charge is 0.329 e. The summed E-state index contributed by atoms with van der Waals surface area (Å²) in [4.78, 5) is 94.7. The van der Waals surface area contributed by atoms with E-state index in [1.54, 1.807) is 28.6 Å². The van der Waals surface area contributed by atoms with Crippen LogP contribution in [0.5, 0.6) is 0 Å². The number of carbonyl (C=O) groups excluding carboxylic acids is 6. The van der Waals surface area contributed by atoms with Gasteiger partial charge in [-0.05, 0) is 112 Å². The second kappa shape index (κ2) is 19.8. The minimum Gasteiger partial charge on any atom is -0.370 e. The fraction of sp³-hybridized carbons (Fsp3) is 0.587. The number of fused-ring (bicyclic) bond motifs is 2. The maximum Gasteiger partial charge on any atom is 0.329 e. The van der Waals surface area contributed by atoms with Crippen molar-refractivity contribution in [1.82, 2.24) is 34.9 Å². The van der Waals surface area contributed by atoms with Gasteiger partial charge in [-0.15, -0.1) is 0 Å². The van der Waals surface area contributed by atoms with Crippen LogP contribution in [0.1, 0.15) is 101 Å². The van der Waals surface area contributed by atoms with Crippen LogP contribution in [0.15, 0.2) is 52.2 Å². The molecule has 1 aromatic heterocycles. The Hall–Kier alpha value is -5.36. The largest absolute Gasteiger partial charge is 0.370 e. The molecule has 0 spiro atoms. The van der Waals surface area contributed by atoms with Crippen molar-refractivity contribution in [2.45, 2.75) is 126 Å². The predicted octanol–water partition coefficient (Wildman–Crippen LogP) is 2.23. The van der Waals surface area contributed by atoms with Crippen LogP contribution in [0.2, 0.25) is 0 Å². The number of amides is 6. The maximum absolute atomic E-state index is 14.0. The second-order valence-electron chi connectivity index (χ2n) is 18.6. The number of piperidine rings is 1. The molecule has 5 atom stereocenters. The summed E-state index contributed by atoms with van der Waals surface area (Å²) < 4.78 is 26.8. The average Bonchev–Trinajstić information content (AvgIpc) is 3.79. The van der Waals surface area contributed by atoms with Gasteiger partial charge in [0, 0.05) is 57.7 Å². The zero-order valence-corrected chi connectivity index (χ0v) is 37.9. The maximum atomic E-state index is 14.0. The number of carbonyl (C=O) groups is 6. The van der Waals surface area contributed by atoms with Gasteiger partial charge >= 0.3 is 5.69 Å². The summed E-state index contributed by atoms with van der Waals surface area (Å²) in [6.45, 7) is 4.30. The van der Waals surface area contributed by atoms with Crippen LogP contribution < -0.4 is 27.4 Å².